The summed E-state index contributed by atoms with van der Waals surface area (Å²) in [6, 6.07) is 12.7. The fraction of sp³-hybridized carbons (Fsp3) is 0.400. The van der Waals surface area contributed by atoms with E-state index in [1.165, 1.54) is 21.0 Å². The second-order valence-electron chi connectivity index (χ2n) is 9.42. The van der Waals surface area contributed by atoms with Crippen molar-refractivity contribution in [2.75, 3.05) is 7.11 Å². The van der Waals surface area contributed by atoms with Crippen LogP contribution >= 0.6 is 0 Å². The molecule has 1 atom stereocenters. The van der Waals surface area contributed by atoms with E-state index in [-0.39, 0.29) is 0 Å². The number of amides is 1. The van der Waals surface area contributed by atoms with E-state index in [9.17, 15) is 19.5 Å². The Labute approximate surface area is 187 Å². The first-order valence-electron chi connectivity index (χ1n) is 10.4. The highest BCUT2D eigenvalue weighted by molar-refractivity contribution is 5.91. The third kappa shape index (κ3) is 4.07. The number of hydrogen-bond acceptors (Lipinski definition) is 5. The Hall–Kier alpha value is -3.35. The quantitative estimate of drug-likeness (QED) is 0.682. The molecule has 0 radical (unpaired) electrons. The van der Waals surface area contributed by atoms with Crippen molar-refractivity contribution in [3.05, 3.63) is 59.7 Å². The first-order valence-corrected chi connectivity index (χ1v) is 10.4. The molecule has 1 aliphatic carbocycles. The standard InChI is InChI=1S/C25H29NO6/c1-24(2,3)32-22(29)25(4,5)20(21(27)28)26(23(30)31-6)19-17-13-9-7-11-15(17)16-12-8-10-14-18(16)19/h7-14,19-20H,1-6H3,(H,27,28)/t20-/m1/s1. The number of aliphatic carboxylic acids is 1. The Morgan fingerprint density at radius 1 is 0.906 bits per heavy atom. The highest BCUT2D eigenvalue weighted by Crippen LogP contribution is 2.48. The van der Waals surface area contributed by atoms with Crippen LogP contribution in [0.3, 0.4) is 0 Å². The molecule has 7 nitrogen and oxygen atoms in total. The molecule has 1 N–H and O–H groups in total. The van der Waals surface area contributed by atoms with Crippen molar-refractivity contribution >= 4 is 18.0 Å². The molecule has 7 heteroatoms. The van der Waals surface area contributed by atoms with E-state index in [1.807, 2.05) is 48.5 Å². The van der Waals surface area contributed by atoms with E-state index < -0.39 is 41.1 Å². The Kier molecular flexibility index (Phi) is 6.05. The first-order chi connectivity index (χ1) is 14.9. The van der Waals surface area contributed by atoms with Crippen molar-refractivity contribution < 1.29 is 29.0 Å². The summed E-state index contributed by atoms with van der Waals surface area (Å²) in [6.45, 7) is 8.07. The smallest absolute Gasteiger partial charge is 0.411 e. The monoisotopic (exact) mass is 439 g/mol. The van der Waals surface area contributed by atoms with Crippen LogP contribution in [-0.2, 0) is 19.1 Å². The van der Waals surface area contributed by atoms with Crippen molar-refractivity contribution in [2.24, 2.45) is 5.41 Å². The Balaban J connectivity index is 2.20. The lowest BCUT2D eigenvalue weighted by Gasteiger charge is -2.41. The molecular weight excluding hydrogens is 410 g/mol. The lowest BCUT2D eigenvalue weighted by Crippen LogP contribution is -2.57. The molecule has 2 aromatic rings. The number of ether oxygens (including phenoxy) is 2. The zero-order valence-electron chi connectivity index (χ0n) is 19.2. The lowest BCUT2D eigenvalue weighted by atomic mass is 9.81. The number of nitrogens with zero attached hydrogens (tertiary/aromatic N) is 1. The van der Waals surface area contributed by atoms with Gasteiger partial charge >= 0.3 is 18.0 Å². The number of carboxylic acids is 1. The van der Waals surface area contributed by atoms with Crippen molar-refractivity contribution in [2.45, 2.75) is 52.3 Å². The number of carbonyl (C=O) groups is 3. The van der Waals surface area contributed by atoms with E-state index in [1.54, 1.807) is 20.8 Å². The predicted molar refractivity (Wildman–Crippen MR) is 119 cm³/mol. The van der Waals surface area contributed by atoms with Gasteiger partial charge in [0.1, 0.15) is 11.6 Å². The van der Waals surface area contributed by atoms with Crippen LogP contribution < -0.4 is 0 Å². The van der Waals surface area contributed by atoms with Crippen LogP contribution in [0.5, 0.6) is 0 Å². The van der Waals surface area contributed by atoms with Gasteiger partial charge in [0.05, 0.1) is 18.6 Å². The number of carboxylic acid groups (broad SMARTS) is 1. The van der Waals surface area contributed by atoms with Gasteiger partial charge < -0.3 is 14.6 Å². The molecule has 170 valence electrons. The largest absolute Gasteiger partial charge is 0.480 e. The summed E-state index contributed by atoms with van der Waals surface area (Å²) in [7, 11) is 1.20. The van der Waals surface area contributed by atoms with Gasteiger partial charge in [-0.2, -0.15) is 0 Å². The minimum absolute atomic E-state index is 0.717. The highest BCUT2D eigenvalue weighted by Gasteiger charge is 2.53. The van der Waals surface area contributed by atoms with E-state index in [2.05, 4.69) is 0 Å². The van der Waals surface area contributed by atoms with Crippen LogP contribution in [0.4, 0.5) is 4.79 Å². The summed E-state index contributed by atoms with van der Waals surface area (Å²) in [4.78, 5) is 39.9. The van der Waals surface area contributed by atoms with Crippen LogP contribution in [0, 0.1) is 5.41 Å². The van der Waals surface area contributed by atoms with Crippen LogP contribution in [0.25, 0.3) is 11.1 Å². The van der Waals surface area contributed by atoms with Crippen LogP contribution in [0.15, 0.2) is 48.5 Å². The normalized spacial score (nSPS) is 14.2. The topological polar surface area (TPSA) is 93.1 Å². The zero-order chi connectivity index (χ0) is 23.8. The Morgan fingerprint density at radius 2 is 1.38 bits per heavy atom. The fourth-order valence-corrected chi connectivity index (χ4v) is 4.19. The third-order valence-corrected chi connectivity index (χ3v) is 5.59. The number of fused-ring (bicyclic) bond motifs is 3. The van der Waals surface area contributed by atoms with Crippen molar-refractivity contribution in [1.82, 2.24) is 4.90 Å². The van der Waals surface area contributed by atoms with Gasteiger partial charge in [0.2, 0.25) is 0 Å². The minimum Gasteiger partial charge on any atom is -0.480 e. The van der Waals surface area contributed by atoms with Crippen LogP contribution in [-0.4, -0.2) is 46.8 Å². The summed E-state index contributed by atoms with van der Waals surface area (Å²) in [5, 5.41) is 10.3. The number of carbonyl (C=O) groups excluding carboxylic acids is 2. The molecule has 2 aromatic carbocycles. The average molecular weight is 440 g/mol. The number of hydrogen-bond donors (Lipinski definition) is 1. The molecule has 0 aromatic heterocycles. The van der Waals surface area contributed by atoms with Crippen LogP contribution in [0.2, 0.25) is 0 Å². The first kappa shape index (κ1) is 23.3. The molecule has 1 amide bonds. The SMILES string of the molecule is COC(=O)N(C1c2ccccc2-c2ccccc21)[C@H](C(=O)O)C(C)(C)C(=O)OC(C)(C)C. The Bertz CT molecular complexity index is 1010. The number of esters is 1. The average Bonchev–Trinajstić information content (AvgIpc) is 3.04. The maximum absolute atomic E-state index is 13.1. The molecular formula is C25H29NO6. The molecule has 0 unspecified atom stereocenters. The van der Waals surface area contributed by atoms with E-state index in [0.29, 0.717) is 0 Å². The van der Waals surface area contributed by atoms with Crippen molar-refractivity contribution in [3.63, 3.8) is 0 Å². The van der Waals surface area contributed by atoms with Gasteiger partial charge in [-0.15, -0.1) is 0 Å². The minimum atomic E-state index is -1.57. The molecule has 0 heterocycles. The van der Waals surface area contributed by atoms with Crippen molar-refractivity contribution in [1.29, 1.82) is 0 Å². The summed E-state index contributed by atoms with van der Waals surface area (Å²) < 4.78 is 10.6. The molecule has 32 heavy (non-hydrogen) atoms. The molecule has 3 rings (SSSR count). The summed E-state index contributed by atoms with van der Waals surface area (Å²) in [6.07, 6.45) is -0.842. The van der Waals surface area contributed by atoms with Gasteiger partial charge in [-0.3, -0.25) is 9.69 Å². The molecule has 0 spiro atoms. The summed E-state index contributed by atoms with van der Waals surface area (Å²) in [5.41, 5.74) is 0.956. The Morgan fingerprint density at radius 3 is 1.78 bits per heavy atom. The lowest BCUT2D eigenvalue weighted by molar-refractivity contribution is -0.175. The summed E-state index contributed by atoms with van der Waals surface area (Å²) >= 11 is 0. The number of methoxy groups -OCH3 is 1. The van der Waals surface area contributed by atoms with Crippen LogP contribution in [0.1, 0.15) is 51.8 Å². The number of benzene rings is 2. The second-order valence-corrected chi connectivity index (χ2v) is 9.42. The zero-order valence-corrected chi connectivity index (χ0v) is 19.2. The van der Waals surface area contributed by atoms with E-state index in [4.69, 9.17) is 9.47 Å². The molecule has 0 fully saturated rings. The molecule has 0 aliphatic heterocycles. The molecule has 1 aliphatic rings. The maximum Gasteiger partial charge on any atom is 0.411 e. The van der Waals surface area contributed by atoms with Gasteiger partial charge in [0, 0.05) is 0 Å². The number of rotatable bonds is 5. The van der Waals surface area contributed by atoms with Crippen molar-refractivity contribution in [3.8, 4) is 11.1 Å². The van der Waals surface area contributed by atoms with Gasteiger partial charge in [0.25, 0.3) is 0 Å². The summed E-state index contributed by atoms with van der Waals surface area (Å²) in [5.74, 6) is -2.04. The van der Waals surface area contributed by atoms with Gasteiger partial charge in [-0.25, -0.2) is 9.59 Å². The van der Waals surface area contributed by atoms with Gasteiger partial charge in [0.15, 0.2) is 0 Å². The van der Waals surface area contributed by atoms with E-state index >= 15 is 0 Å². The maximum atomic E-state index is 13.1. The molecule has 0 saturated carbocycles. The fourth-order valence-electron chi connectivity index (χ4n) is 4.19. The highest BCUT2D eigenvalue weighted by atomic mass is 16.6. The van der Waals surface area contributed by atoms with E-state index in [0.717, 1.165) is 27.2 Å². The second kappa shape index (κ2) is 8.30. The van der Waals surface area contributed by atoms with Gasteiger partial charge in [-0.05, 0) is 56.9 Å². The third-order valence-electron chi connectivity index (χ3n) is 5.59. The van der Waals surface area contributed by atoms with Gasteiger partial charge in [-0.1, -0.05) is 48.5 Å². The molecule has 0 saturated heterocycles. The molecule has 0 bridgehead atoms. The predicted octanol–water partition coefficient (Wildman–Crippen LogP) is 4.65.